The zero-order valence-electron chi connectivity index (χ0n) is 17.4. The van der Waals surface area contributed by atoms with Crippen molar-refractivity contribution in [3.63, 3.8) is 0 Å². The van der Waals surface area contributed by atoms with Gasteiger partial charge in [0.25, 0.3) is 11.8 Å². The van der Waals surface area contributed by atoms with E-state index in [1.54, 1.807) is 24.3 Å². The number of nitrogens with one attached hydrogen (secondary N) is 2. The molecule has 0 saturated carbocycles. The third-order valence-electron chi connectivity index (χ3n) is 5.08. The molecule has 0 bridgehead atoms. The highest BCUT2D eigenvalue weighted by Crippen LogP contribution is 2.23. The molecule has 1 aromatic rings. The highest BCUT2D eigenvalue weighted by molar-refractivity contribution is 5.94. The normalized spacial score (nSPS) is 20.1. The summed E-state index contributed by atoms with van der Waals surface area (Å²) in [6.45, 7) is 9.73. The summed E-state index contributed by atoms with van der Waals surface area (Å²) in [5, 5.41) is 6.15. The summed E-state index contributed by atoms with van der Waals surface area (Å²) < 4.78 is 5.65. The van der Waals surface area contributed by atoms with Crippen molar-refractivity contribution in [2.45, 2.75) is 65.1 Å². The van der Waals surface area contributed by atoms with Crippen molar-refractivity contribution >= 4 is 24.2 Å². The molecule has 1 heterocycles. The first-order valence-corrected chi connectivity index (χ1v) is 9.98. The lowest BCUT2D eigenvalue weighted by molar-refractivity contribution is -0.139. The number of piperidine rings is 1. The number of rotatable bonds is 8. The fourth-order valence-corrected chi connectivity index (χ4v) is 3.60. The van der Waals surface area contributed by atoms with Crippen LogP contribution in [-0.2, 0) is 4.79 Å². The Labute approximate surface area is 174 Å². The van der Waals surface area contributed by atoms with Crippen LogP contribution >= 0.6 is 12.4 Å². The molecule has 7 heteroatoms. The Bertz CT molecular complexity index is 614. The summed E-state index contributed by atoms with van der Waals surface area (Å²) in [4.78, 5) is 26.6. The van der Waals surface area contributed by atoms with E-state index in [1.165, 1.54) is 6.42 Å². The van der Waals surface area contributed by atoms with Gasteiger partial charge < -0.3 is 20.3 Å². The van der Waals surface area contributed by atoms with E-state index in [0.29, 0.717) is 17.9 Å². The van der Waals surface area contributed by atoms with Gasteiger partial charge in [-0.25, -0.2) is 0 Å². The summed E-state index contributed by atoms with van der Waals surface area (Å²) in [6, 6.07) is 7.67. The first-order valence-electron chi connectivity index (χ1n) is 9.98. The average molecular weight is 412 g/mol. The molecule has 1 saturated heterocycles. The Morgan fingerprint density at radius 2 is 1.79 bits per heavy atom. The SMILES string of the molecule is CCN[C@H](C)CNC(=O)c1ccc(OCC(=O)N2C(C)CCCC2C)cc1.Cl. The fraction of sp³-hybridized carbons (Fsp3) is 0.619. The molecule has 2 amide bonds. The van der Waals surface area contributed by atoms with Gasteiger partial charge in [0.05, 0.1) is 0 Å². The molecule has 2 rings (SSSR count). The molecule has 3 atom stereocenters. The molecular formula is C21H34ClN3O3. The molecule has 1 aliphatic heterocycles. The predicted molar refractivity (Wildman–Crippen MR) is 114 cm³/mol. The second-order valence-corrected chi connectivity index (χ2v) is 7.41. The van der Waals surface area contributed by atoms with E-state index in [2.05, 4.69) is 24.5 Å². The number of nitrogens with zero attached hydrogens (tertiary/aromatic N) is 1. The van der Waals surface area contributed by atoms with Gasteiger partial charge in [-0.05, 0) is 70.8 Å². The predicted octanol–water partition coefficient (Wildman–Crippen LogP) is 3.00. The van der Waals surface area contributed by atoms with E-state index in [4.69, 9.17) is 4.74 Å². The van der Waals surface area contributed by atoms with Crippen molar-refractivity contribution in [1.82, 2.24) is 15.5 Å². The van der Waals surface area contributed by atoms with Crippen LogP contribution in [0.1, 0.15) is 57.3 Å². The van der Waals surface area contributed by atoms with Gasteiger partial charge in [0.1, 0.15) is 5.75 Å². The van der Waals surface area contributed by atoms with Crippen LogP contribution in [0.5, 0.6) is 5.75 Å². The number of carbonyl (C=O) groups is 2. The molecule has 0 aliphatic carbocycles. The Morgan fingerprint density at radius 1 is 1.18 bits per heavy atom. The number of carbonyl (C=O) groups excluding carboxylic acids is 2. The first-order chi connectivity index (χ1) is 12.9. The Hall–Kier alpha value is -1.79. The van der Waals surface area contributed by atoms with Gasteiger partial charge >= 0.3 is 0 Å². The fourth-order valence-electron chi connectivity index (χ4n) is 3.60. The van der Waals surface area contributed by atoms with Crippen LogP contribution in [0.3, 0.4) is 0 Å². The number of halogens is 1. The number of hydrogen-bond acceptors (Lipinski definition) is 4. The van der Waals surface area contributed by atoms with Crippen LogP contribution in [0.4, 0.5) is 0 Å². The highest BCUT2D eigenvalue weighted by atomic mass is 35.5. The van der Waals surface area contributed by atoms with E-state index >= 15 is 0 Å². The van der Waals surface area contributed by atoms with Crippen LogP contribution < -0.4 is 15.4 Å². The van der Waals surface area contributed by atoms with Crippen LogP contribution in [-0.4, -0.2) is 54.5 Å². The lowest BCUT2D eigenvalue weighted by Crippen LogP contribution is -2.49. The van der Waals surface area contributed by atoms with E-state index in [9.17, 15) is 9.59 Å². The zero-order valence-corrected chi connectivity index (χ0v) is 18.2. The van der Waals surface area contributed by atoms with Crippen molar-refractivity contribution in [3.05, 3.63) is 29.8 Å². The minimum atomic E-state index is -0.113. The van der Waals surface area contributed by atoms with Gasteiger partial charge in [0.2, 0.25) is 0 Å². The summed E-state index contributed by atoms with van der Waals surface area (Å²) in [5.74, 6) is 0.505. The second-order valence-electron chi connectivity index (χ2n) is 7.41. The lowest BCUT2D eigenvalue weighted by atomic mass is 9.97. The zero-order chi connectivity index (χ0) is 19.8. The molecule has 2 unspecified atom stereocenters. The molecule has 1 aromatic carbocycles. The smallest absolute Gasteiger partial charge is 0.260 e. The molecule has 1 fully saturated rings. The Kier molecular flexibility index (Phi) is 10.3. The molecule has 6 nitrogen and oxygen atoms in total. The van der Waals surface area contributed by atoms with Gasteiger partial charge in [-0.3, -0.25) is 9.59 Å². The number of likely N-dealkylation sites (tertiary alicyclic amines) is 1. The van der Waals surface area contributed by atoms with Gasteiger partial charge in [-0.1, -0.05) is 6.92 Å². The van der Waals surface area contributed by atoms with Crippen molar-refractivity contribution in [2.75, 3.05) is 19.7 Å². The molecular weight excluding hydrogens is 378 g/mol. The van der Waals surface area contributed by atoms with E-state index in [1.807, 2.05) is 18.7 Å². The Balaban J connectivity index is 0.00000392. The second kappa shape index (κ2) is 11.9. The maximum atomic E-state index is 12.5. The number of benzene rings is 1. The maximum absolute atomic E-state index is 12.5. The molecule has 0 aromatic heterocycles. The first kappa shape index (κ1) is 24.2. The summed E-state index contributed by atoms with van der Waals surface area (Å²) in [6.07, 6.45) is 3.27. The standard InChI is InChI=1S/C21H33N3O3.ClH/c1-5-22-15(2)13-23-21(26)18-9-11-19(12-10-18)27-14-20(25)24-16(3)7-6-8-17(24)4;/h9-12,15-17,22H,5-8,13-14H2,1-4H3,(H,23,26);1H/t15-,16?,17?;/m1./s1. The monoisotopic (exact) mass is 411 g/mol. The average Bonchev–Trinajstić information content (AvgIpc) is 2.65. The maximum Gasteiger partial charge on any atom is 0.260 e. The summed E-state index contributed by atoms with van der Waals surface area (Å²) in [5.41, 5.74) is 0.579. The van der Waals surface area contributed by atoms with Gasteiger partial charge in [0.15, 0.2) is 6.61 Å². The molecule has 158 valence electrons. The van der Waals surface area contributed by atoms with Crippen molar-refractivity contribution in [1.29, 1.82) is 0 Å². The molecule has 28 heavy (non-hydrogen) atoms. The molecule has 2 N–H and O–H groups in total. The number of likely N-dealkylation sites (N-methyl/N-ethyl adjacent to an activating group) is 1. The van der Waals surface area contributed by atoms with Crippen LogP contribution in [0.15, 0.2) is 24.3 Å². The Morgan fingerprint density at radius 3 is 2.36 bits per heavy atom. The molecule has 0 radical (unpaired) electrons. The van der Waals surface area contributed by atoms with E-state index in [-0.39, 0.29) is 49.0 Å². The third-order valence-corrected chi connectivity index (χ3v) is 5.08. The number of hydrogen-bond donors (Lipinski definition) is 2. The highest BCUT2D eigenvalue weighted by Gasteiger charge is 2.28. The van der Waals surface area contributed by atoms with Crippen LogP contribution in [0, 0.1) is 0 Å². The van der Waals surface area contributed by atoms with Crippen molar-refractivity contribution in [2.24, 2.45) is 0 Å². The van der Waals surface area contributed by atoms with Gasteiger partial charge in [-0.2, -0.15) is 0 Å². The number of amides is 2. The molecule has 1 aliphatic rings. The quantitative estimate of drug-likeness (QED) is 0.689. The molecule has 0 spiro atoms. The summed E-state index contributed by atoms with van der Waals surface area (Å²) >= 11 is 0. The van der Waals surface area contributed by atoms with Crippen molar-refractivity contribution in [3.8, 4) is 5.75 Å². The topological polar surface area (TPSA) is 70.7 Å². The van der Waals surface area contributed by atoms with Crippen molar-refractivity contribution < 1.29 is 14.3 Å². The van der Waals surface area contributed by atoms with Gasteiger partial charge in [0, 0.05) is 30.2 Å². The minimum absolute atomic E-state index is 0. The number of ether oxygens (including phenoxy) is 1. The largest absolute Gasteiger partial charge is 0.484 e. The van der Waals surface area contributed by atoms with E-state index < -0.39 is 0 Å². The summed E-state index contributed by atoms with van der Waals surface area (Å²) in [7, 11) is 0. The van der Waals surface area contributed by atoms with Crippen LogP contribution in [0.2, 0.25) is 0 Å². The lowest BCUT2D eigenvalue weighted by Gasteiger charge is -2.38. The van der Waals surface area contributed by atoms with Gasteiger partial charge in [-0.15, -0.1) is 12.4 Å². The third kappa shape index (κ3) is 6.99. The van der Waals surface area contributed by atoms with E-state index in [0.717, 1.165) is 19.4 Å². The minimum Gasteiger partial charge on any atom is -0.484 e. The van der Waals surface area contributed by atoms with Crippen LogP contribution in [0.25, 0.3) is 0 Å².